The van der Waals surface area contributed by atoms with Gasteiger partial charge in [0.1, 0.15) is 0 Å². The third-order valence-corrected chi connectivity index (χ3v) is 4.45. The first-order chi connectivity index (χ1) is 10.1. The quantitative estimate of drug-likeness (QED) is 0.646. The minimum Gasteiger partial charge on any atom is -0.310 e. The predicted octanol–water partition coefficient (Wildman–Crippen LogP) is 2.98. The van der Waals surface area contributed by atoms with Gasteiger partial charge in [-0.1, -0.05) is 12.1 Å². The van der Waals surface area contributed by atoms with Crippen LogP contribution in [-0.2, 0) is 0 Å². The minimum atomic E-state index is -0.359. The molecule has 1 aromatic carbocycles. The van der Waals surface area contributed by atoms with Crippen LogP contribution in [0.1, 0.15) is 37.8 Å². The van der Waals surface area contributed by atoms with Crippen molar-refractivity contribution in [3.63, 3.8) is 0 Å². The van der Waals surface area contributed by atoms with Crippen molar-refractivity contribution in [1.29, 1.82) is 0 Å². The van der Waals surface area contributed by atoms with Crippen LogP contribution >= 0.6 is 0 Å². The minimum absolute atomic E-state index is 0.150. The van der Waals surface area contributed by atoms with Crippen LogP contribution in [0.2, 0.25) is 0 Å². The van der Waals surface area contributed by atoms with E-state index in [1.165, 1.54) is 32.4 Å². The maximum absolute atomic E-state index is 10.6. The van der Waals surface area contributed by atoms with Gasteiger partial charge in [0.05, 0.1) is 4.92 Å². The van der Waals surface area contributed by atoms with Crippen LogP contribution in [0.5, 0.6) is 0 Å². The molecule has 1 aliphatic heterocycles. The highest BCUT2D eigenvalue weighted by atomic mass is 16.6. The van der Waals surface area contributed by atoms with Gasteiger partial charge in [0.25, 0.3) is 5.69 Å². The van der Waals surface area contributed by atoms with Gasteiger partial charge in [0.2, 0.25) is 0 Å². The van der Waals surface area contributed by atoms with Crippen LogP contribution in [0.3, 0.4) is 0 Å². The highest BCUT2D eigenvalue weighted by Gasteiger charge is 2.16. The Morgan fingerprint density at radius 1 is 1.33 bits per heavy atom. The Morgan fingerprint density at radius 2 is 1.95 bits per heavy atom. The molecule has 116 valence electrons. The zero-order chi connectivity index (χ0) is 15.2. The Balaban J connectivity index is 1.74. The molecule has 0 saturated carbocycles. The number of hydrogen-bond donors (Lipinski definition) is 1. The van der Waals surface area contributed by atoms with E-state index < -0.39 is 0 Å². The summed E-state index contributed by atoms with van der Waals surface area (Å²) in [5.41, 5.74) is 1.25. The van der Waals surface area contributed by atoms with Crippen molar-refractivity contribution in [2.24, 2.45) is 5.92 Å². The summed E-state index contributed by atoms with van der Waals surface area (Å²) in [6.45, 7) is 5.54. The molecule has 0 aliphatic carbocycles. The Hall–Kier alpha value is -1.46. The van der Waals surface area contributed by atoms with Gasteiger partial charge in [-0.15, -0.1) is 0 Å². The molecule has 0 bridgehead atoms. The number of nitro groups is 1. The van der Waals surface area contributed by atoms with Gasteiger partial charge in [-0.3, -0.25) is 10.1 Å². The van der Waals surface area contributed by atoms with Gasteiger partial charge in [0.15, 0.2) is 0 Å². The molecule has 0 spiro atoms. The smallest absolute Gasteiger partial charge is 0.269 e. The van der Waals surface area contributed by atoms with Crippen molar-refractivity contribution < 1.29 is 4.92 Å². The number of likely N-dealkylation sites (tertiary alicyclic amines) is 1. The zero-order valence-corrected chi connectivity index (χ0v) is 12.9. The number of hydrogen-bond acceptors (Lipinski definition) is 4. The average molecular weight is 291 g/mol. The molecule has 0 aromatic heterocycles. The molecule has 0 amide bonds. The fourth-order valence-electron chi connectivity index (χ4n) is 2.86. The fraction of sp³-hybridized carbons (Fsp3) is 0.625. The number of rotatable bonds is 6. The van der Waals surface area contributed by atoms with Crippen LogP contribution in [0.4, 0.5) is 5.69 Å². The monoisotopic (exact) mass is 291 g/mol. The third kappa shape index (κ3) is 4.79. The van der Waals surface area contributed by atoms with E-state index in [4.69, 9.17) is 0 Å². The summed E-state index contributed by atoms with van der Waals surface area (Å²) >= 11 is 0. The standard InChI is InChI=1S/C16H25N3O2/c1-13(15-3-5-16(6-4-15)19(20)21)17-10-7-14-8-11-18(2)12-9-14/h3-6,13-14,17H,7-12H2,1-2H3. The lowest BCUT2D eigenvalue weighted by Crippen LogP contribution is -2.32. The van der Waals surface area contributed by atoms with Crippen LogP contribution < -0.4 is 5.32 Å². The van der Waals surface area contributed by atoms with E-state index in [0.29, 0.717) is 0 Å². The first-order valence-corrected chi connectivity index (χ1v) is 7.72. The lowest BCUT2D eigenvalue weighted by molar-refractivity contribution is -0.384. The summed E-state index contributed by atoms with van der Waals surface area (Å²) in [6, 6.07) is 7.06. The number of piperidine rings is 1. The molecule has 21 heavy (non-hydrogen) atoms. The van der Waals surface area contributed by atoms with E-state index in [-0.39, 0.29) is 16.7 Å². The topological polar surface area (TPSA) is 58.4 Å². The largest absolute Gasteiger partial charge is 0.310 e. The molecule has 0 radical (unpaired) electrons. The first kappa shape index (κ1) is 15.9. The number of nitrogens with zero attached hydrogens (tertiary/aromatic N) is 2. The molecule has 1 aromatic rings. The molecule has 2 rings (SSSR count). The molecule has 1 N–H and O–H groups in total. The van der Waals surface area contributed by atoms with Gasteiger partial charge in [-0.05, 0) is 64.3 Å². The number of non-ortho nitro benzene ring substituents is 1. The molecule has 5 heteroatoms. The van der Waals surface area contributed by atoms with Crippen LogP contribution in [-0.4, -0.2) is 36.5 Å². The Bertz CT molecular complexity index is 453. The van der Waals surface area contributed by atoms with Gasteiger partial charge in [-0.2, -0.15) is 0 Å². The van der Waals surface area contributed by atoms with Gasteiger partial charge >= 0.3 is 0 Å². The first-order valence-electron chi connectivity index (χ1n) is 7.72. The number of nitro benzene ring substituents is 1. The maximum atomic E-state index is 10.6. The third-order valence-electron chi connectivity index (χ3n) is 4.45. The van der Waals surface area contributed by atoms with Crippen molar-refractivity contribution in [2.45, 2.75) is 32.2 Å². The zero-order valence-electron chi connectivity index (χ0n) is 12.9. The highest BCUT2D eigenvalue weighted by Crippen LogP contribution is 2.20. The molecule has 1 aliphatic rings. The van der Waals surface area contributed by atoms with Crippen LogP contribution in [0.25, 0.3) is 0 Å². The second-order valence-electron chi connectivity index (χ2n) is 6.06. The van der Waals surface area contributed by atoms with E-state index >= 15 is 0 Å². The average Bonchev–Trinajstić information content (AvgIpc) is 2.49. The molecule has 1 unspecified atom stereocenters. The van der Waals surface area contributed by atoms with Crippen LogP contribution in [0.15, 0.2) is 24.3 Å². The summed E-state index contributed by atoms with van der Waals surface area (Å²) in [5.74, 6) is 0.831. The summed E-state index contributed by atoms with van der Waals surface area (Å²) in [5, 5.41) is 14.2. The Labute approximate surface area is 126 Å². The molecule has 1 heterocycles. The normalized spacial score (nSPS) is 18.6. The molecule has 1 atom stereocenters. The second-order valence-corrected chi connectivity index (χ2v) is 6.06. The number of nitrogens with one attached hydrogen (secondary N) is 1. The molecule has 1 fully saturated rings. The van der Waals surface area contributed by atoms with E-state index in [9.17, 15) is 10.1 Å². The van der Waals surface area contributed by atoms with Gasteiger partial charge < -0.3 is 10.2 Å². The summed E-state index contributed by atoms with van der Waals surface area (Å²) in [4.78, 5) is 12.7. The van der Waals surface area contributed by atoms with Crippen molar-refractivity contribution >= 4 is 5.69 Å². The van der Waals surface area contributed by atoms with Crippen molar-refractivity contribution in [3.05, 3.63) is 39.9 Å². The van der Waals surface area contributed by atoms with E-state index in [0.717, 1.165) is 18.0 Å². The molecule has 5 nitrogen and oxygen atoms in total. The van der Waals surface area contributed by atoms with E-state index in [1.54, 1.807) is 12.1 Å². The summed E-state index contributed by atoms with van der Waals surface area (Å²) in [6.07, 6.45) is 3.80. The molecular formula is C16H25N3O2. The van der Waals surface area contributed by atoms with Crippen molar-refractivity contribution in [1.82, 2.24) is 10.2 Å². The highest BCUT2D eigenvalue weighted by molar-refractivity contribution is 5.33. The number of benzene rings is 1. The van der Waals surface area contributed by atoms with Crippen LogP contribution in [0, 0.1) is 16.0 Å². The maximum Gasteiger partial charge on any atom is 0.269 e. The summed E-state index contributed by atoms with van der Waals surface area (Å²) < 4.78 is 0. The van der Waals surface area contributed by atoms with Crippen molar-refractivity contribution in [2.75, 3.05) is 26.7 Å². The van der Waals surface area contributed by atoms with Gasteiger partial charge in [-0.25, -0.2) is 0 Å². The van der Waals surface area contributed by atoms with Crippen molar-refractivity contribution in [3.8, 4) is 0 Å². The molecular weight excluding hydrogens is 266 g/mol. The predicted molar refractivity (Wildman–Crippen MR) is 84.4 cm³/mol. The summed E-state index contributed by atoms with van der Waals surface area (Å²) in [7, 11) is 2.19. The lowest BCUT2D eigenvalue weighted by Gasteiger charge is -2.29. The van der Waals surface area contributed by atoms with E-state index in [2.05, 4.69) is 24.2 Å². The Kier molecular flexibility index (Phi) is 5.70. The SMILES string of the molecule is CC(NCCC1CCN(C)CC1)c1ccc([N+](=O)[O-])cc1. The lowest BCUT2D eigenvalue weighted by atomic mass is 9.93. The Morgan fingerprint density at radius 3 is 2.52 bits per heavy atom. The molecule has 1 saturated heterocycles. The van der Waals surface area contributed by atoms with Gasteiger partial charge in [0, 0.05) is 18.2 Å². The van der Waals surface area contributed by atoms with E-state index in [1.807, 2.05) is 12.1 Å². The fourth-order valence-corrected chi connectivity index (χ4v) is 2.86. The second kappa shape index (κ2) is 7.52.